The van der Waals surface area contributed by atoms with Crippen LogP contribution in [0, 0.1) is 11.7 Å². The minimum absolute atomic E-state index is 0.138. The van der Waals surface area contributed by atoms with E-state index in [2.05, 4.69) is 5.32 Å². The minimum atomic E-state index is -0.285. The molecule has 0 unspecified atom stereocenters. The van der Waals surface area contributed by atoms with Gasteiger partial charge in [0.2, 0.25) is 5.91 Å². The fourth-order valence-electron chi connectivity index (χ4n) is 3.46. The second-order valence-corrected chi connectivity index (χ2v) is 7.16. The van der Waals surface area contributed by atoms with Gasteiger partial charge in [0.05, 0.1) is 0 Å². The van der Waals surface area contributed by atoms with Crippen molar-refractivity contribution in [3.05, 3.63) is 71.0 Å². The molecule has 1 N–H and O–H groups in total. The predicted octanol–water partition coefficient (Wildman–Crippen LogP) is 3.56. The Labute approximate surface area is 159 Å². The number of carbonyl (C=O) groups excluding carboxylic acids is 2. The summed E-state index contributed by atoms with van der Waals surface area (Å²) in [6, 6.07) is 13.8. The standard InChI is InChI=1S/C22H25FN2O2/c1-16(26)25-12-10-18(11-13-25)14-17-2-6-20(7-3-17)22(27)24-15-19-4-8-21(23)9-5-19/h2-9,18H,10-15H2,1H3,(H,24,27). The molecule has 0 spiro atoms. The molecule has 27 heavy (non-hydrogen) atoms. The van der Waals surface area contributed by atoms with Crippen molar-refractivity contribution >= 4 is 11.8 Å². The van der Waals surface area contributed by atoms with Gasteiger partial charge in [0, 0.05) is 32.1 Å². The van der Waals surface area contributed by atoms with Crippen LogP contribution in [0.3, 0.4) is 0 Å². The number of halogens is 1. The Kier molecular flexibility index (Phi) is 6.22. The van der Waals surface area contributed by atoms with Gasteiger partial charge in [0.15, 0.2) is 0 Å². The molecule has 0 bridgehead atoms. The van der Waals surface area contributed by atoms with Gasteiger partial charge in [0.1, 0.15) is 5.82 Å². The van der Waals surface area contributed by atoms with E-state index in [1.165, 1.54) is 17.7 Å². The monoisotopic (exact) mass is 368 g/mol. The molecule has 5 heteroatoms. The van der Waals surface area contributed by atoms with Gasteiger partial charge in [-0.05, 0) is 60.6 Å². The van der Waals surface area contributed by atoms with Crippen molar-refractivity contribution in [2.24, 2.45) is 5.92 Å². The number of amides is 2. The van der Waals surface area contributed by atoms with Gasteiger partial charge >= 0.3 is 0 Å². The highest BCUT2D eigenvalue weighted by atomic mass is 19.1. The second-order valence-electron chi connectivity index (χ2n) is 7.16. The number of hydrogen-bond donors (Lipinski definition) is 1. The van der Waals surface area contributed by atoms with Gasteiger partial charge in [-0.15, -0.1) is 0 Å². The topological polar surface area (TPSA) is 49.4 Å². The number of rotatable bonds is 5. The van der Waals surface area contributed by atoms with Crippen molar-refractivity contribution in [2.75, 3.05) is 13.1 Å². The maximum absolute atomic E-state index is 12.9. The summed E-state index contributed by atoms with van der Waals surface area (Å²) in [5.41, 5.74) is 2.69. The van der Waals surface area contributed by atoms with Crippen molar-refractivity contribution in [1.82, 2.24) is 10.2 Å². The zero-order valence-corrected chi connectivity index (χ0v) is 15.6. The maximum Gasteiger partial charge on any atom is 0.251 e. The first kappa shape index (κ1) is 19.1. The van der Waals surface area contributed by atoms with Gasteiger partial charge in [-0.1, -0.05) is 24.3 Å². The summed E-state index contributed by atoms with van der Waals surface area (Å²) in [5, 5.41) is 2.85. The summed E-state index contributed by atoms with van der Waals surface area (Å²) in [6.07, 6.45) is 3.03. The van der Waals surface area contributed by atoms with E-state index in [-0.39, 0.29) is 17.6 Å². The second kappa shape index (κ2) is 8.80. The molecule has 0 saturated carbocycles. The van der Waals surface area contributed by atoms with E-state index >= 15 is 0 Å². The first-order chi connectivity index (χ1) is 13.0. The minimum Gasteiger partial charge on any atom is -0.348 e. The smallest absolute Gasteiger partial charge is 0.251 e. The average Bonchev–Trinajstić information content (AvgIpc) is 2.68. The van der Waals surface area contributed by atoms with Crippen molar-refractivity contribution in [3.63, 3.8) is 0 Å². The third kappa shape index (κ3) is 5.39. The zero-order chi connectivity index (χ0) is 19.2. The van der Waals surface area contributed by atoms with Crippen molar-refractivity contribution in [3.8, 4) is 0 Å². The van der Waals surface area contributed by atoms with E-state index in [0.29, 0.717) is 18.0 Å². The molecule has 1 heterocycles. The maximum atomic E-state index is 12.9. The number of hydrogen-bond acceptors (Lipinski definition) is 2. The van der Waals surface area contributed by atoms with E-state index in [0.717, 1.165) is 37.9 Å². The third-order valence-electron chi connectivity index (χ3n) is 5.17. The van der Waals surface area contributed by atoms with Gasteiger partial charge in [-0.2, -0.15) is 0 Å². The molecule has 2 aromatic carbocycles. The Bertz CT molecular complexity index is 779. The Morgan fingerprint density at radius 1 is 1.00 bits per heavy atom. The van der Waals surface area contributed by atoms with Crippen LogP contribution in [0.5, 0.6) is 0 Å². The fourth-order valence-corrected chi connectivity index (χ4v) is 3.46. The molecule has 0 aromatic heterocycles. The van der Waals surface area contributed by atoms with Gasteiger partial charge < -0.3 is 10.2 Å². The van der Waals surface area contributed by atoms with Crippen molar-refractivity contribution in [2.45, 2.75) is 32.7 Å². The largest absolute Gasteiger partial charge is 0.348 e. The lowest BCUT2D eigenvalue weighted by molar-refractivity contribution is -0.130. The van der Waals surface area contributed by atoms with E-state index in [1.807, 2.05) is 29.2 Å². The molecule has 142 valence electrons. The number of carbonyl (C=O) groups is 2. The number of benzene rings is 2. The van der Waals surface area contributed by atoms with Crippen LogP contribution in [0.2, 0.25) is 0 Å². The summed E-state index contributed by atoms with van der Waals surface area (Å²) in [5.74, 6) is 0.316. The summed E-state index contributed by atoms with van der Waals surface area (Å²) in [6.45, 7) is 3.67. The third-order valence-corrected chi connectivity index (χ3v) is 5.17. The Morgan fingerprint density at radius 2 is 1.59 bits per heavy atom. The normalized spacial score (nSPS) is 14.8. The summed E-state index contributed by atoms with van der Waals surface area (Å²) in [4.78, 5) is 25.6. The highest BCUT2D eigenvalue weighted by Crippen LogP contribution is 2.22. The summed E-state index contributed by atoms with van der Waals surface area (Å²) >= 11 is 0. The fraction of sp³-hybridized carbons (Fsp3) is 0.364. The molecule has 2 aromatic rings. The molecule has 1 aliphatic rings. The molecule has 0 atom stereocenters. The van der Waals surface area contributed by atoms with Crippen LogP contribution in [0.25, 0.3) is 0 Å². The lowest BCUT2D eigenvalue weighted by Gasteiger charge is -2.31. The molecular weight excluding hydrogens is 343 g/mol. The quantitative estimate of drug-likeness (QED) is 0.877. The number of likely N-dealkylation sites (tertiary alicyclic amines) is 1. The Hall–Kier alpha value is -2.69. The lowest BCUT2D eigenvalue weighted by atomic mass is 9.90. The van der Waals surface area contributed by atoms with Crippen LogP contribution in [0.1, 0.15) is 41.3 Å². The van der Waals surface area contributed by atoms with E-state index < -0.39 is 0 Å². The first-order valence-corrected chi connectivity index (χ1v) is 9.38. The number of piperidine rings is 1. The predicted molar refractivity (Wildman–Crippen MR) is 103 cm³/mol. The van der Waals surface area contributed by atoms with Gasteiger partial charge in [0.25, 0.3) is 5.91 Å². The van der Waals surface area contributed by atoms with Crippen LogP contribution in [0.15, 0.2) is 48.5 Å². The highest BCUT2D eigenvalue weighted by molar-refractivity contribution is 5.94. The molecule has 1 saturated heterocycles. The van der Waals surface area contributed by atoms with Crippen LogP contribution in [-0.2, 0) is 17.8 Å². The Morgan fingerprint density at radius 3 is 2.19 bits per heavy atom. The zero-order valence-electron chi connectivity index (χ0n) is 15.6. The van der Waals surface area contributed by atoms with Crippen molar-refractivity contribution < 1.29 is 14.0 Å². The molecule has 1 fully saturated rings. The van der Waals surface area contributed by atoms with E-state index in [4.69, 9.17) is 0 Å². The molecule has 2 amide bonds. The average molecular weight is 368 g/mol. The van der Waals surface area contributed by atoms with Crippen molar-refractivity contribution in [1.29, 1.82) is 0 Å². The van der Waals surface area contributed by atoms with Gasteiger partial charge in [-0.25, -0.2) is 4.39 Å². The van der Waals surface area contributed by atoms with Gasteiger partial charge in [-0.3, -0.25) is 9.59 Å². The molecule has 3 rings (SSSR count). The Balaban J connectivity index is 1.48. The van der Waals surface area contributed by atoms with E-state index in [1.54, 1.807) is 19.1 Å². The molecule has 0 aliphatic carbocycles. The highest BCUT2D eigenvalue weighted by Gasteiger charge is 2.20. The van der Waals surface area contributed by atoms with Crippen LogP contribution in [-0.4, -0.2) is 29.8 Å². The van der Waals surface area contributed by atoms with Crippen LogP contribution >= 0.6 is 0 Å². The summed E-state index contributed by atoms with van der Waals surface area (Å²) < 4.78 is 12.9. The summed E-state index contributed by atoms with van der Waals surface area (Å²) in [7, 11) is 0. The number of nitrogens with one attached hydrogen (secondary N) is 1. The molecule has 0 radical (unpaired) electrons. The molecule has 4 nitrogen and oxygen atoms in total. The molecular formula is C22H25FN2O2. The molecule has 1 aliphatic heterocycles. The van der Waals surface area contributed by atoms with E-state index in [9.17, 15) is 14.0 Å². The van der Waals surface area contributed by atoms with Crippen LogP contribution < -0.4 is 5.32 Å². The lowest BCUT2D eigenvalue weighted by Crippen LogP contribution is -2.37. The van der Waals surface area contributed by atoms with Crippen LogP contribution in [0.4, 0.5) is 4.39 Å². The first-order valence-electron chi connectivity index (χ1n) is 9.38. The number of nitrogens with zero attached hydrogens (tertiary/aromatic N) is 1. The SMILES string of the molecule is CC(=O)N1CCC(Cc2ccc(C(=O)NCc3ccc(F)cc3)cc2)CC1.